The Balaban J connectivity index is 1.18. The number of aromatic nitrogens is 1. The Kier molecular flexibility index (Phi) is 1.96. The normalized spacial score (nSPS) is 22.3. The molecule has 34 rings (SSSR count). The predicted molar refractivity (Wildman–Crippen MR) is 284 cm³/mol. The number of amides is 1. The average molecular weight is 841 g/mol. The smallest absolute Gasteiger partial charge is 0.274 e. The lowest BCUT2D eigenvalue weighted by Crippen LogP contribution is -2.27. The molecule has 0 N–H and O–H groups in total. The van der Waals surface area contributed by atoms with E-state index in [1.807, 2.05) is 24.4 Å². The van der Waals surface area contributed by atoms with Crippen molar-refractivity contribution < 1.29 is 4.79 Å². The second-order valence-corrected chi connectivity index (χ2v) is 25.0. The number of nitrogens with zero attached hydrogens (tertiary/aromatic N) is 2. The zero-order valence-corrected chi connectivity index (χ0v) is 34.6. The van der Waals surface area contributed by atoms with Gasteiger partial charge in [-0.1, -0.05) is 6.07 Å². The molecule has 3 heteroatoms. The van der Waals surface area contributed by atoms with E-state index in [0.29, 0.717) is 5.69 Å². The molecule has 5 aliphatic rings. The van der Waals surface area contributed by atoms with Crippen LogP contribution in [0.1, 0.15) is 32.7 Å². The predicted octanol–water partition coefficient (Wildman–Crippen LogP) is 16.8. The van der Waals surface area contributed by atoms with Gasteiger partial charge in [-0.3, -0.25) is 9.78 Å². The highest BCUT2D eigenvalue weighted by molar-refractivity contribution is 6.82. The molecule has 0 bridgehead atoms. The van der Waals surface area contributed by atoms with Crippen LogP contribution in [0, 0.1) is 0 Å². The van der Waals surface area contributed by atoms with Gasteiger partial charge in [0, 0.05) is 28.5 Å². The van der Waals surface area contributed by atoms with Gasteiger partial charge in [-0.2, -0.15) is 0 Å². The first-order chi connectivity index (χ1) is 34.4. The number of hydrogen-bond acceptors (Lipinski definition) is 2. The molecule has 284 valence electrons. The van der Waals surface area contributed by atoms with Crippen LogP contribution in [0.4, 0.5) is 0 Å². The summed E-state index contributed by atoms with van der Waals surface area (Å²) in [5.74, 6) is 0.102. The molecular formula is C66H4N2O. The molecule has 1 aromatic heterocycles. The van der Waals surface area contributed by atoms with E-state index in [2.05, 4.69) is 4.90 Å². The minimum atomic E-state index is -0.660. The Morgan fingerprint density at radius 3 is 0.594 bits per heavy atom. The summed E-state index contributed by atoms with van der Waals surface area (Å²) in [6, 6.07) is 6.02. The van der Waals surface area contributed by atoms with Crippen molar-refractivity contribution in [1.82, 2.24) is 9.88 Å². The third-order valence-corrected chi connectivity index (χ3v) is 24.9. The van der Waals surface area contributed by atoms with Crippen molar-refractivity contribution in [3.63, 3.8) is 0 Å². The second kappa shape index (κ2) is 5.46. The van der Waals surface area contributed by atoms with Crippen LogP contribution < -0.4 is 0 Å². The molecular weight excluding hydrogens is 837 g/mol. The topological polar surface area (TPSA) is 33.0 Å². The summed E-state index contributed by atoms with van der Waals surface area (Å²) in [7, 11) is 0. The van der Waals surface area contributed by atoms with Crippen LogP contribution in [0.2, 0.25) is 0 Å². The number of carbonyl (C=O) groups is 1. The number of carbonyl (C=O) groups excluding carboxylic acids is 1. The van der Waals surface area contributed by atoms with Crippen LogP contribution in [0.5, 0.6) is 0 Å². The van der Waals surface area contributed by atoms with Crippen molar-refractivity contribution >= 4 is 297 Å². The zero-order chi connectivity index (χ0) is 40.8. The molecule has 1 amide bonds. The van der Waals surface area contributed by atoms with Gasteiger partial charge in [0.2, 0.25) is 0 Å². The third kappa shape index (κ3) is 1.27. The molecule has 28 aromatic carbocycles. The molecule has 0 atom stereocenters. The summed E-state index contributed by atoms with van der Waals surface area (Å²) in [4.78, 5) is 24.1. The first-order valence-corrected chi connectivity index (χ1v) is 25.4. The Morgan fingerprint density at radius 1 is 0.261 bits per heavy atom. The minimum Gasteiger partial charge on any atom is -0.303 e. The summed E-state index contributed by atoms with van der Waals surface area (Å²) in [5, 5.41) is 85.2. The van der Waals surface area contributed by atoms with Gasteiger partial charge in [0.25, 0.3) is 5.91 Å². The second-order valence-electron chi connectivity index (χ2n) is 25.0. The van der Waals surface area contributed by atoms with Gasteiger partial charge in [0.1, 0.15) is 16.8 Å². The molecule has 69 heavy (non-hydrogen) atoms. The standard InChI is InChI=1S/C66H4N2O/c69-64(5-3-1-2-4-67-5)68-65-60-52-44-34-24-16-8-6-7-10-14-12(8)20-28-22(14)32-26-18(10)19-11(7)15-13-9(6)17(16)25-31-21(13)29-23(15)33-27(19)37-36(26)46-40(32)50-42(28)48(38(44)30(20)24)56(60)58(50)62-54(46)55-47(37)41(33)51-43(29)49-39(31)45(35(25)34)53(52)61(65)57(49)59(51)63(55)66(62,65)68/h1-4H. The molecule has 4 aliphatic carbocycles. The number of benzene rings is 18. The fraction of sp³-hybridized carbons (Fsp3) is 0.0303. The lowest BCUT2D eigenvalue weighted by molar-refractivity contribution is 0.0839. The molecule has 1 fully saturated rings. The number of hydrogen-bond donors (Lipinski definition) is 0. The molecule has 0 saturated carbocycles. The van der Waals surface area contributed by atoms with Gasteiger partial charge >= 0.3 is 0 Å². The van der Waals surface area contributed by atoms with Gasteiger partial charge in [-0.15, -0.1) is 0 Å². The van der Waals surface area contributed by atoms with Crippen LogP contribution in [0.15, 0.2) is 24.4 Å². The van der Waals surface area contributed by atoms with Crippen molar-refractivity contribution in [1.29, 1.82) is 0 Å². The van der Waals surface area contributed by atoms with Crippen LogP contribution in [0.25, 0.3) is 291 Å². The van der Waals surface area contributed by atoms with Crippen molar-refractivity contribution in [3.05, 3.63) is 52.3 Å². The maximum atomic E-state index is 16.6. The largest absolute Gasteiger partial charge is 0.303 e. The van der Waals surface area contributed by atoms with Crippen LogP contribution in [0.3, 0.4) is 0 Å². The molecule has 2 spiro atoms. The van der Waals surface area contributed by atoms with Gasteiger partial charge in [0.15, 0.2) is 0 Å². The highest BCUT2D eigenvalue weighted by atomic mass is 16.2. The van der Waals surface area contributed by atoms with Gasteiger partial charge in [-0.25, -0.2) is 0 Å². The minimum absolute atomic E-state index is 0.102. The fourth-order valence-electron chi connectivity index (χ4n) is 24.9. The van der Waals surface area contributed by atoms with Crippen molar-refractivity contribution in [2.24, 2.45) is 0 Å². The Bertz CT molecular complexity index is 6830. The van der Waals surface area contributed by atoms with Crippen LogP contribution in [-0.2, 0) is 11.1 Å². The highest BCUT2D eigenvalue weighted by Crippen LogP contribution is 2.90. The third-order valence-electron chi connectivity index (χ3n) is 24.9. The monoisotopic (exact) mass is 840 g/mol. The molecule has 2 heterocycles. The van der Waals surface area contributed by atoms with Crippen molar-refractivity contribution in [2.75, 3.05) is 0 Å². The highest BCUT2D eigenvalue weighted by Gasteiger charge is 2.87. The van der Waals surface area contributed by atoms with E-state index in [1.165, 1.54) is 65.3 Å². The number of pyridine rings is 1. The summed E-state index contributed by atoms with van der Waals surface area (Å²) in [6.45, 7) is 0. The van der Waals surface area contributed by atoms with E-state index in [4.69, 9.17) is 4.98 Å². The van der Waals surface area contributed by atoms with E-state index in [-0.39, 0.29) is 5.91 Å². The summed E-state index contributed by atoms with van der Waals surface area (Å²) >= 11 is 0. The quantitative estimate of drug-likeness (QED) is 0.122. The Morgan fingerprint density at radius 2 is 0.435 bits per heavy atom. The lowest BCUT2D eigenvalue weighted by Gasteiger charge is -2.29. The SMILES string of the molecule is O=C(c1ccccn1)N1C23c4c5c6c7c8c9c(c%10c%11c2c2c4c4c%12c5c5c6c6c8c8c%13c9c9c%10c%10c%11c%11c2c2c4c4c%12c%12c5c5c6c8c6c8c%13c9c9c%10c%10c%11c2c2c4c4c%12c5c6c5c8c9c%10c2c45)C713. The molecule has 29 aromatic rings. The van der Waals surface area contributed by atoms with Crippen LogP contribution >= 0.6 is 0 Å². The molecule has 0 unspecified atom stereocenters. The summed E-state index contributed by atoms with van der Waals surface area (Å²) < 4.78 is 0. The first kappa shape index (κ1) is 24.7. The van der Waals surface area contributed by atoms with E-state index in [1.54, 1.807) is 248 Å². The van der Waals surface area contributed by atoms with E-state index >= 15 is 4.79 Å². The summed E-state index contributed by atoms with van der Waals surface area (Å²) in [6.07, 6.45) is 1.85. The fourth-order valence-corrected chi connectivity index (χ4v) is 24.9. The molecule has 3 nitrogen and oxygen atoms in total. The molecule has 0 radical (unpaired) electrons. The molecule has 1 saturated heterocycles. The number of rotatable bonds is 1. The zero-order valence-electron chi connectivity index (χ0n) is 34.6. The van der Waals surface area contributed by atoms with Crippen molar-refractivity contribution in [3.8, 4) is 0 Å². The van der Waals surface area contributed by atoms with E-state index < -0.39 is 11.1 Å². The van der Waals surface area contributed by atoms with Crippen LogP contribution in [-0.4, -0.2) is 15.8 Å². The lowest BCUT2D eigenvalue weighted by atomic mass is 9.68. The molecule has 1 aliphatic heterocycles. The maximum absolute atomic E-state index is 16.6. The first-order valence-electron chi connectivity index (χ1n) is 25.4. The maximum Gasteiger partial charge on any atom is 0.274 e. The Hall–Kier alpha value is -8.92. The summed E-state index contributed by atoms with van der Waals surface area (Å²) in [5.41, 5.74) is 5.26. The Labute approximate surface area is 373 Å². The average Bonchev–Trinajstić information content (AvgIpc) is 4.29. The van der Waals surface area contributed by atoms with Gasteiger partial charge in [0.05, 0.1) is 0 Å². The van der Waals surface area contributed by atoms with Crippen molar-refractivity contribution in [2.45, 2.75) is 11.1 Å². The van der Waals surface area contributed by atoms with E-state index in [0.717, 1.165) is 0 Å². The van der Waals surface area contributed by atoms with Gasteiger partial charge in [-0.05, 0) is 303 Å². The van der Waals surface area contributed by atoms with E-state index in [9.17, 15) is 0 Å². The van der Waals surface area contributed by atoms with Gasteiger partial charge < -0.3 is 4.90 Å².